The van der Waals surface area contributed by atoms with Crippen LogP contribution in [0.15, 0.2) is 71.7 Å². The van der Waals surface area contributed by atoms with E-state index in [1.165, 1.54) is 0 Å². The van der Waals surface area contributed by atoms with Crippen LogP contribution in [-0.2, 0) is 11.3 Å². The Balaban J connectivity index is 1.52. The Hall–Kier alpha value is -3.58. The summed E-state index contributed by atoms with van der Waals surface area (Å²) in [5.41, 5.74) is 2.91. The molecule has 30 heavy (non-hydrogen) atoms. The Kier molecular flexibility index (Phi) is 5.18. The fraction of sp³-hybridized carbons (Fsp3) is 0.217. The van der Waals surface area contributed by atoms with Gasteiger partial charge in [0.25, 0.3) is 5.78 Å². The van der Waals surface area contributed by atoms with Gasteiger partial charge in [0.05, 0.1) is 25.5 Å². The smallest absolute Gasteiger partial charge is 0.254 e. The van der Waals surface area contributed by atoms with Crippen molar-refractivity contribution in [1.82, 2.24) is 19.6 Å². The largest absolute Gasteiger partial charge is 0.378 e. The zero-order chi connectivity index (χ0) is 20.2. The molecule has 0 spiro atoms. The van der Waals surface area contributed by atoms with Gasteiger partial charge in [-0.15, -0.1) is 5.10 Å². The van der Waals surface area contributed by atoms with Gasteiger partial charge in [-0.3, -0.25) is 4.99 Å². The van der Waals surface area contributed by atoms with Gasteiger partial charge in [0.15, 0.2) is 5.82 Å². The quantitative estimate of drug-likeness (QED) is 0.483. The average Bonchev–Trinajstić information content (AvgIpc) is 3.25. The summed E-state index contributed by atoms with van der Waals surface area (Å²) in [4.78, 5) is 16.3. The van der Waals surface area contributed by atoms with E-state index in [2.05, 4.69) is 16.0 Å². The molecule has 3 heterocycles. The van der Waals surface area contributed by atoms with Crippen molar-refractivity contribution in [1.29, 1.82) is 0 Å². The monoisotopic (exact) mass is 398 g/mol. The number of ether oxygens (including phenoxy) is 1. The second-order valence-corrected chi connectivity index (χ2v) is 7.10. The molecule has 4 aromatic rings. The van der Waals surface area contributed by atoms with Crippen LogP contribution in [0.25, 0.3) is 17.2 Å². The number of hydrogen-bond acceptors (Lipinski definition) is 6. The highest BCUT2D eigenvalue weighted by atomic mass is 16.5. The minimum Gasteiger partial charge on any atom is -0.378 e. The van der Waals surface area contributed by atoms with E-state index in [1.54, 1.807) is 0 Å². The van der Waals surface area contributed by atoms with E-state index in [-0.39, 0.29) is 0 Å². The summed E-state index contributed by atoms with van der Waals surface area (Å²) in [7, 11) is 0. The molecule has 0 aliphatic carbocycles. The summed E-state index contributed by atoms with van der Waals surface area (Å²) < 4.78 is 7.36. The molecular formula is C23H22N6O. The lowest BCUT2D eigenvalue weighted by molar-refractivity contribution is 0.122. The van der Waals surface area contributed by atoms with Gasteiger partial charge in [0.2, 0.25) is 0 Å². The maximum absolute atomic E-state index is 5.53. The Bertz CT molecular complexity index is 1150. The second kappa shape index (κ2) is 8.42. The van der Waals surface area contributed by atoms with E-state index in [9.17, 15) is 0 Å². The van der Waals surface area contributed by atoms with Gasteiger partial charge < -0.3 is 9.64 Å². The molecule has 0 amide bonds. The number of rotatable bonds is 5. The molecular weight excluding hydrogens is 376 g/mol. The molecule has 0 saturated carbocycles. The van der Waals surface area contributed by atoms with Crippen molar-refractivity contribution in [3.8, 4) is 11.4 Å². The van der Waals surface area contributed by atoms with E-state index in [0.29, 0.717) is 31.4 Å². The molecule has 7 nitrogen and oxygen atoms in total. The predicted octanol–water partition coefficient (Wildman–Crippen LogP) is 3.25. The van der Waals surface area contributed by atoms with Crippen LogP contribution in [0.4, 0.5) is 5.82 Å². The van der Waals surface area contributed by atoms with Crippen molar-refractivity contribution in [2.24, 2.45) is 4.99 Å². The van der Waals surface area contributed by atoms with Gasteiger partial charge in [-0.1, -0.05) is 60.7 Å². The highest BCUT2D eigenvalue weighted by molar-refractivity contribution is 5.79. The van der Waals surface area contributed by atoms with Crippen LogP contribution in [0.2, 0.25) is 0 Å². The molecule has 1 aliphatic heterocycles. The third-order valence-corrected chi connectivity index (χ3v) is 5.01. The molecule has 150 valence electrons. The van der Waals surface area contributed by atoms with E-state index in [1.807, 2.05) is 71.4 Å². The SMILES string of the molecule is C(=NCc1cc(N2CCOCC2)n2nc(-c3ccccc3)nc2n1)c1ccccc1. The minimum atomic E-state index is 0.482. The Morgan fingerprint density at radius 1 is 0.933 bits per heavy atom. The summed E-state index contributed by atoms with van der Waals surface area (Å²) in [6, 6.07) is 22.1. The van der Waals surface area contributed by atoms with Crippen LogP contribution >= 0.6 is 0 Å². The van der Waals surface area contributed by atoms with Crippen LogP contribution in [0.5, 0.6) is 0 Å². The number of nitrogens with zero attached hydrogens (tertiary/aromatic N) is 6. The minimum absolute atomic E-state index is 0.482. The summed E-state index contributed by atoms with van der Waals surface area (Å²) in [5.74, 6) is 2.23. The van der Waals surface area contributed by atoms with Gasteiger partial charge in [0, 0.05) is 30.9 Å². The summed E-state index contributed by atoms with van der Waals surface area (Å²) >= 11 is 0. The van der Waals surface area contributed by atoms with Gasteiger partial charge in [-0.05, 0) is 5.56 Å². The van der Waals surface area contributed by atoms with Crippen molar-refractivity contribution in [2.75, 3.05) is 31.2 Å². The third kappa shape index (κ3) is 3.92. The fourth-order valence-electron chi connectivity index (χ4n) is 3.49. The van der Waals surface area contributed by atoms with Crippen molar-refractivity contribution in [2.45, 2.75) is 6.54 Å². The van der Waals surface area contributed by atoms with Crippen molar-refractivity contribution >= 4 is 17.8 Å². The van der Waals surface area contributed by atoms with Gasteiger partial charge in [-0.2, -0.15) is 9.50 Å². The number of hydrogen-bond donors (Lipinski definition) is 0. The van der Waals surface area contributed by atoms with Crippen molar-refractivity contribution < 1.29 is 4.74 Å². The second-order valence-electron chi connectivity index (χ2n) is 7.10. The van der Waals surface area contributed by atoms with Crippen molar-refractivity contribution in [3.63, 3.8) is 0 Å². The Labute approximate surface area is 174 Å². The number of anilines is 1. The van der Waals surface area contributed by atoms with Crippen LogP contribution in [-0.4, -0.2) is 52.1 Å². The molecule has 1 aliphatic rings. The number of fused-ring (bicyclic) bond motifs is 1. The van der Waals surface area contributed by atoms with Gasteiger partial charge >= 0.3 is 0 Å². The lowest BCUT2D eigenvalue weighted by Gasteiger charge is -2.28. The molecule has 7 heteroatoms. The predicted molar refractivity (Wildman–Crippen MR) is 117 cm³/mol. The van der Waals surface area contributed by atoms with Crippen LogP contribution < -0.4 is 4.90 Å². The van der Waals surface area contributed by atoms with E-state index in [0.717, 1.165) is 35.7 Å². The van der Waals surface area contributed by atoms with Crippen LogP contribution in [0.1, 0.15) is 11.3 Å². The van der Waals surface area contributed by atoms with Crippen molar-refractivity contribution in [3.05, 3.63) is 78.0 Å². The van der Waals surface area contributed by atoms with E-state index < -0.39 is 0 Å². The highest BCUT2D eigenvalue weighted by Gasteiger charge is 2.19. The summed E-state index contributed by atoms with van der Waals surface area (Å²) in [6.45, 7) is 3.51. The number of morpholine rings is 1. The van der Waals surface area contributed by atoms with Gasteiger partial charge in [0.1, 0.15) is 5.82 Å². The number of aromatic nitrogens is 4. The van der Waals surface area contributed by atoms with Gasteiger partial charge in [-0.25, -0.2) is 4.98 Å². The Morgan fingerprint density at radius 2 is 1.67 bits per heavy atom. The fourth-order valence-corrected chi connectivity index (χ4v) is 3.49. The number of aliphatic imine (C=N–C) groups is 1. The zero-order valence-corrected chi connectivity index (χ0v) is 16.6. The topological polar surface area (TPSA) is 67.9 Å². The molecule has 0 radical (unpaired) electrons. The van der Waals surface area contributed by atoms with Crippen LogP contribution in [0.3, 0.4) is 0 Å². The summed E-state index contributed by atoms with van der Waals surface area (Å²) in [5, 5.41) is 4.75. The van der Waals surface area contributed by atoms with Crippen LogP contribution in [0, 0.1) is 0 Å². The van der Waals surface area contributed by atoms with E-state index >= 15 is 0 Å². The zero-order valence-electron chi connectivity index (χ0n) is 16.6. The maximum atomic E-state index is 5.53. The Morgan fingerprint density at radius 3 is 2.43 bits per heavy atom. The maximum Gasteiger partial charge on any atom is 0.254 e. The first-order chi connectivity index (χ1) is 14.9. The molecule has 2 aromatic heterocycles. The van der Waals surface area contributed by atoms with E-state index in [4.69, 9.17) is 19.8 Å². The molecule has 1 saturated heterocycles. The molecule has 2 aromatic carbocycles. The molecule has 0 unspecified atom stereocenters. The first-order valence-corrected chi connectivity index (χ1v) is 10.1. The average molecular weight is 398 g/mol. The first-order valence-electron chi connectivity index (χ1n) is 10.1. The normalized spacial score (nSPS) is 14.6. The highest BCUT2D eigenvalue weighted by Crippen LogP contribution is 2.22. The molecule has 1 fully saturated rings. The molecule has 0 N–H and O–H groups in total. The summed E-state index contributed by atoms with van der Waals surface area (Å²) in [6.07, 6.45) is 1.87. The standard InChI is InChI=1S/C23H22N6O/c1-3-7-18(8-4-1)16-24-17-20-15-21(28-11-13-30-14-12-28)29-23(25-20)26-22(27-29)19-9-5-2-6-10-19/h1-10,15-16H,11-14,17H2. The lowest BCUT2D eigenvalue weighted by Crippen LogP contribution is -2.37. The third-order valence-electron chi connectivity index (χ3n) is 5.01. The number of benzene rings is 2. The molecule has 0 atom stereocenters. The molecule has 5 rings (SSSR count). The lowest BCUT2D eigenvalue weighted by atomic mass is 10.2. The molecule has 0 bridgehead atoms. The first kappa shape index (κ1) is 18.4.